The molecule has 106 valence electrons. The van der Waals surface area contributed by atoms with Gasteiger partial charge in [-0.25, -0.2) is 0 Å². The van der Waals surface area contributed by atoms with Crippen molar-refractivity contribution in [2.75, 3.05) is 13.7 Å². The van der Waals surface area contributed by atoms with E-state index in [0.717, 1.165) is 0 Å². The summed E-state index contributed by atoms with van der Waals surface area (Å²) < 4.78 is 11.0. The normalized spacial score (nSPS) is 13.6. The molecular weight excluding hydrogens is 246 g/mol. The number of hydrogen-bond acceptors (Lipinski definition) is 4. The van der Waals surface area contributed by atoms with Gasteiger partial charge in [0.2, 0.25) is 0 Å². The lowest BCUT2D eigenvalue weighted by atomic mass is 9.99. The van der Waals surface area contributed by atoms with E-state index in [9.17, 15) is 4.79 Å². The zero-order valence-electron chi connectivity index (χ0n) is 11.3. The average molecular weight is 267 g/mol. The van der Waals surface area contributed by atoms with E-state index in [4.69, 9.17) is 20.3 Å². The van der Waals surface area contributed by atoms with Crippen LogP contribution in [0.4, 0.5) is 0 Å². The fourth-order valence-corrected chi connectivity index (χ4v) is 1.96. The van der Waals surface area contributed by atoms with Gasteiger partial charge in [0.15, 0.2) is 11.5 Å². The van der Waals surface area contributed by atoms with Crippen LogP contribution in [0.2, 0.25) is 0 Å². The van der Waals surface area contributed by atoms with E-state index < -0.39 is 5.97 Å². The van der Waals surface area contributed by atoms with E-state index >= 15 is 0 Å². The van der Waals surface area contributed by atoms with Crippen LogP contribution < -0.4 is 15.2 Å². The second-order valence-corrected chi connectivity index (χ2v) is 4.51. The molecule has 0 aliphatic carbocycles. The van der Waals surface area contributed by atoms with Crippen molar-refractivity contribution in [3.63, 3.8) is 0 Å². The Morgan fingerprint density at radius 1 is 1.37 bits per heavy atom. The third-order valence-electron chi connectivity index (χ3n) is 2.86. The van der Waals surface area contributed by atoms with E-state index in [2.05, 4.69) is 0 Å². The lowest BCUT2D eigenvalue weighted by Gasteiger charge is -2.20. The van der Waals surface area contributed by atoms with Gasteiger partial charge in [-0.15, -0.1) is 0 Å². The average Bonchev–Trinajstić information content (AvgIpc) is 2.38. The number of methoxy groups -OCH3 is 1. The topological polar surface area (TPSA) is 81.8 Å². The molecule has 0 fully saturated rings. The Kier molecular flexibility index (Phi) is 6.15. The van der Waals surface area contributed by atoms with Crippen LogP contribution in [0.1, 0.15) is 19.8 Å². The fraction of sp³-hybridized carbons (Fsp3) is 0.500. The number of para-hydroxylation sites is 2. The highest BCUT2D eigenvalue weighted by molar-refractivity contribution is 5.67. The van der Waals surface area contributed by atoms with Crippen LogP contribution in [-0.4, -0.2) is 30.8 Å². The minimum Gasteiger partial charge on any atom is -0.493 e. The van der Waals surface area contributed by atoms with Gasteiger partial charge in [0.25, 0.3) is 0 Å². The second-order valence-electron chi connectivity index (χ2n) is 4.51. The summed E-state index contributed by atoms with van der Waals surface area (Å²) in [5.74, 6) is 0.405. The zero-order chi connectivity index (χ0) is 14.3. The molecule has 1 unspecified atom stereocenters. The summed E-state index contributed by atoms with van der Waals surface area (Å²) in [7, 11) is 1.58. The molecule has 0 saturated heterocycles. The van der Waals surface area contributed by atoms with Gasteiger partial charge in [-0.2, -0.15) is 0 Å². The molecule has 0 aromatic heterocycles. The SMILES string of the molecule is COc1ccccc1O[C@@H](C)CC(CN)CC(=O)O. The number of benzene rings is 1. The molecule has 19 heavy (non-hydrogen) atoms. The van der Waals surface area contributed by atoms with Crippen molar-refractivity contribution in [3.05, 3.63) is 24.3 Å². The van der Waals surface area contributed by atoms with Gasteiger partial charge in [0.1, 0.15) is 0 Å². The van der Waals surface area contributed by atoms with Crippen LogP contribution >= 0.6 is 0 Å². The molecule has 0 heterocycles. The third-order valence-corrected chi connectivity index (χ3v) is 2.86. The first-order valence-corrected chi connectivity index (χ1v) is 6.28. The highest BCUT2D eigenvalue weighted by Crippen LogP contribution is 2.28. The summed E-state index contributed by atoms with van der Waals surface area (Å²) in [6.45, 7) is 2.24. The number of hydrogen-bond donors (Lipinski definition) is 2. The molecular formula is C14H21NO4. The first-order valence-electron chi connectivity index (χ1n) is 6.28. The predicted molar refractivity (Wildman–Crippen MR) is 72.5 cm³/mol. The Bertz CT molecular complexity index is 408. The summed E-state index contributed by atoms with van der Waals surface area (Å²) >= 11 is 0. The highest BCUT2D eigenvalue weighted by atomic mass is 16.5. The largest absolute Gasteiger partial charge is 0.493 e. The van der Waals surface area contributed by atoms with E-state index in [0.29, 0.717) is 24.5 Å². The first kappa shape index (κ1) is 15.3. The number of aliphatic carboxylic acids is 1. The van der Waals surface area contributed by atoms with Crippen molar-refractivity contribution in [2.45, 2.75) is 25.9 Å². The van der Waals surface area contributed by atoms with Gasteiger partial charge in [-0.3, -0.25) is 4.79 Å². The number of rotatable bonds is 8. The lowest BCUT2D eigenvalue weighted by molar-refractivity contribution is -0.138. The Morgan fingerprint density at radius 3 is 2.53 bits per heavy atom. The second kappa shape index (κ2) is 7.63. The Balaban J connectivity index is 2.58. The summed E-state index contributed by atoms with van der Waals surface area (Å²) in [5.41, 5.74) is 5.58. The van der Waals surface area contributed by atoms with Crippen molar-refractivity contribution < 1.29 is 19.4 Å². The zero-order valence-corrected chi connectivity index (χ0v) is 11.3. The van der Waals surface area contributed by atoms with E-state index in [1.54, 1.807) is 7.11 Å². The van der Waals surface area contributed by atoms with Gasteiger partial charge < -0.3 is 20.3 Å². The van der Waals surface area contributed by atoms with Crippen LogP contribution in [0, 0.1) is 5.92 Å². The molecule has 2 atom stereocenters. The van der Waals surface area contributed by atoms with Crippen molar-refractivity contribution in [3.8, 4) is 11.5 Å². The maximum absolute atomic E-state index is 10.7. The third kappa shape index (κ3) is 5.18. The first-order chi connectivity index (χ1) is 9.06. The molecule has 5 nitrogen and oxygen atoms in total. The minimum atomic E-state index is -0.833. The Morgan fingerprint density at radius 2 is 2.00 bits per heavy atom. The maximum Gasteiger partial charge on any atom is 0.303 e. The van der Waals surface area contributed by atoms with Crippen molar-refractivity contribution in [2.24, 2.45) is 11.7 Å². The van der Waals surface area contributed by atoms with Crippen molar-refractivity contribution in [1.82, 2.24) is 0 Å². The van der Waals surface area contributed by atoms with Crippen LogP contribution in [0.15, 0.2) is 24.3 Å². The summed E-state index contributed by atoms with van der Waals surface area (Å²) in [5, 5.41) is 8.78. The highest BCUT2D eigenvalue weighted by Gasteiger charge is 2.17. The van der Waals surface area contributed by atoms with Crippen LogP contribution in [0.5, 0.6) is 11.5 Å². The van der Waals surface area contributed by atoms with Crippen molar-refractivity contribution >= 4 is 5.97 Å². The summed E-state index contributed by atoms with van der Waals surface area (Å²) in [6.07, 6.45) is 0.543. The molecule has 0 bridgehead atoms. The number of nitrogens with two attached hydrogens (primary N) is 1. The Labute approximate surface area is 113 Å². The lowest BCUT2D eigenvalue weighted by Crippen LogP contribution is -2.25. The van der Waals surface area contributed by atoms with Gasteiger partial charge in [0, 0.05) is 6.42 Å². The Hall–Kier alpha value is -1.75. The summed E-state index contributed by atoms with van der Waals surface area (Å²) in [6, 6.07) is 7.37. The molecule has 1 aromatic carbocycles. The number of carboxylic acids is 1. The molecule has 1 aromatic rings. The molecule has 5 heteroatoms. The van der Waals surface area contributed by atoms with Gasteiger partial charge >= 0.3 is 5.97 Å². The van der Waals surface area contributed by atoms with Crippen LogP contribution in [-0.2, 0) is 4.79 Å². The van der Waals surface area contributed by atoms with E-state index in [1.807, 2.05) is 31.2 Å². The predicted octanol–water partition coefficient (Wildman–Crippen LogP) is 1.90. The van der Waals surface area contributed by atoms with E-state index in [-0.39, 0.29) is 18.4 Å². The quantitative estimate of drug-likeness (QED) is 0.751. The minimum absolute atomic E-state index is 0.0656. The molecule has 0 aliphatic heterocycles. The molecule has 1 rings (SSSR count). The number of carboxylic acid groups (broad SMARTS) is 1. The van der Waals surface area contributed by atoms with E-state index in [1.165, 1.54) is 0 Å². The van der Waals surface area contributed by atoms with Gasteiger partial charge in [-0.05, 0) is 37.9 Å². The van der Waals surface area contributed by atoms with Gasteiger partial charge in [0.05, 0.1) is 13.2 Å². The van der Waals surface area contributed by atoms with Gasteiger partial charge in [-0.1, -0.05) is 12.1 Å². The molecule has 0 amide bonds. The number of ether oxygens (including phenoxy) is 2. The van der Waals surface area contributed by atoms with Crippen molar-refractivity contribution in [1.29, 1.82) is 0 Å². The molecule has 0 radical (unpaired) electrons. The van der Waals surface area contributed by atoms with Crippen LogP contribution in [0.3, 0.4) is 0 Å². The molecule has 0 saturated carbocycles. The standard InChI is InChI=1S/C14H21NO4/c1-10(7-11(9-15)8-14(16)17)19-13-6-4-3-5-12(13)18-2/h3-6,10-11H,7-9,15H2,1-2H3,(H,16,17)/t10-,11?/m0/s1. The smallest absolute Gasteiger partial charge is 0.303 e. The van der Waals surface area contributed by atoms with Crippen LogP contribution in [0.25, 0.3) is 0 Å². The molecule has 0 spiro atoms. The fourth-order valence-electron chi connectivity index (χ4n) is 1.96. The monoisotopic (exact) mass is 267 g/mol. The molecule has 3 N–H and O–H groups in total. The molecule has 0 aliphatic rings. The summed E-state index contributed by atoms with van der Waals surface area (Å²) in [4.78, 5) is 10.7. The maximum atomic E-state index is 10.7. The number of carbonyl (C=O) groups is 1.